The van der Waals surface area contributed by atoms with Gasteiger partial charge in [-0.2, -0.15) is 0 Å². The quantitative estimate of drug-likeness (QED) is 0.837. The second-order valence-corrected chi connectivity index (χ2v) is 6.03. The van der Waals surface area contributed by atoms with Crippen LogP contribution in [-0.2, 0) is 11.2 Å². The van der Waals surface area contributed by atoms with E-state index in [0.29, 0.717) is 19.0 Å². The average Bonchev–Trinajstić information content (AvgIpc) is 2.50. The minimum atomic E-state index is 0.0940. The summed E-state index contributed by atoms with van der Waals surface area (Å²) in [5.74, 6) is 0.894. The highest BCUT2D eigenvalue weighted by Gasteiger charge is 2.23. The predicted molar refractivity (Wildman–Crippen MR) is 88.5 cm³/mol. The predicted octanol–water partition coefficient (Wildman–Crippen LogP) is 3.75. The van der Waals surface area contributed by atoms with Gasteiger partial charge in [-0.15, -0.1) is 0 Å². The molecule has 0 saturated heterocycles. The van der Waals surface area contributed by atoms with Gasteiger partial charge in [0.15, 0.2) is 0 Å². The Labute approximate surface area is 128 Å². The van der Waals surface area contributed by atoms with Crippen molar-refractivity contribution < 1.29 is 4.79 Å². The summed E-state index contributed by atoms with van der Waals surface area (Å²) in [7, 11) is 0. The first kappa shape index (κ1) is 15.9. The van der Waals surface area contributed by atoms with E-state index < -0.39 is 0 Å². The molecular formula is C18H28N2O. The van der Waals surface area contributed by atoms with Crippen molar-refractivity contribution in [3.8, 4) is 0 Å². The van der Waals surface area contributed by atoms with Crippen LogP contribution in [0, 0.1) is 5.92 Å². The van der Waals surface area contributed by atoms with Gasteiger partial charge in [0.2, 0.25) is 5.91 Å². The molecule has 3 nitrogen and oxygen atoms in total. The molecule has 2 atom stereocenters. The number of likely N-dealkylation sites (N-methyl/N-ethyl adjacent to an activating group) is 1. The van der Waals surface area contributed by atoms with E-state index in [4.69, 9.17) is 0 Å². The summed E-state index contributed by atoms with van der Waals surface area (Å²) in [6, 6.07) is 8.94. The van der Waals surface area contributed by atoms with Gasteiger partial charge in [0, 0.05) is 18.3 Å². The van der Waals surface area contributed by atoms with Crippen LogP contribution >= 0.6 is 0 Å². The number of carbonyl (C=O) groups excluding carboxylic acids is 1. The Morgan fingerprint density at radius 2 is 1.86 bits per heavy atom. The maximum absolute atomic E-state index is 11.6. The molecule has 116 valence electrons. The Bertz CT molecular complexity index is 441. The maximum atomic E-state index is 11.6. The first-order valence-electron chi connectivity index (χ1n) is 8.35. The van der Waals surface area contributed by atoms with Gasteiger partial charge in [-0.25, -0.2) is 0 Å². The van der Waals surface area contributed by atoms with E-state index in [-0.39, 0.29) is 5.91 Å². The monoisotopic (exact) mass is 288 g/mol. The lowest BCUT2D eigenvalue weighted by molar-refractivity contribution is -0.120. The van der Waals surface area contributed by atoms with Gasteiger partial charge in [0.25, 0.3) is 0 Å². The van der Waals surface area contributed by atoms with Gasteiger partial charge in [0.1, 0.15) is 0 Å². The highest BCUT2D eigenvalue weighted by atomic mass is 16.1. The lowest BCUT2D eigenvalue weighted by Gasteiger charge is -2.32. The Kier molecular flexibility index (Phi) is 6.09. The molecule has 0 bridgehead atoms. The van der Waals surface area contributed by atoms with Gasteiger partial charge in [0.05, 0.1) is 6.42 Å². The van der Waals surface area contributed by atoms with Crippen LogP contribution in [0.3, 0.4) is 0 Å². The molecule has 0 aromatic heterocycles. The maximum Gasteiger partial charge on any atom is 0.224 e. The van der Waals surface area contributed by atoms with Gasteiger partial charge < -0.3 is 10.6 Å². The third kappa shape index (κ3) is 4.76. The van der Waals surface area contributed by atoms with Gasteiger partial charge >= 0.3 is 0 Å². The summed E-state index contributed by atoms with van der Waals surface area (Å²) in [6.07, 6.45) is 7.07. The molecule has 0 heterocycles. The fourth-order valence-corrected chi connectivity index (χ4v) is 3.26. The van der Waals surface area contributed by atoms with Crippen molar-refractivity contribution in [3.05, 3.63) is 29.8 Å². The van der Waals surface area contributed by atoms with E-state index in [1.54, 1.807) is 0 Å². The summed E-state index contributed by atoms with van der Waals surface area (Å²) in [4.78, 5) is 11.6. The summed E-state index contributed by atoms with van der Waals surface area (Å²) < 4.78 is 0. The number of rotatable bonds is 6. The van der Waals surface area contributed by atoms with E-state index in [2.05, 4.69) is 41.8 Å². The number of hydrogen-bond donors (Lipinski definition) is 2. The van der Waals surface area contributed by atoms with Crippen molar-refractivity contribution in [1.82, 2.24) is 5.32 Å². The number of amides is 1. The molecule has 2 N–H and O–H groups in total. The fourth-order valence-electron chi connectivity index (χ4n) is 3.26. The zero-order valence-corrected chi connectivity index (χ0v) is 13.3. The van der Waals surface area contributed by atoms with Crippen LogP contribution < -0.4 is 10.6 Å². The largest absolute Gasteiger partial charge is 0.382 e. The molecule has 0 spiro atoms. The van der Waals surface area contributed by atoms with Crippen molar-refractivity contribution >= 4 is 11.6 Å². The number of hydrogen-bond acceptors (Lipinski definition) is 2. The van der Waals surface area contributed by atoms with E-state index >= 15 is 0 Å². The normalized spacial score (nSPS) is 21.8. The standard InChI is InChI=1S/C18H28N2O/c1-3-15-7-5-6-8-17(15)20-16-11-9-14(10-12-16)13-18(21)19-4-2/h9-12,15,17,20H,3-8,13H2,1-2H3,(H,19,21). The van der Waals surface area contributed by atoms with E-state index in [1.165, 1.54) is 37.8 Å². The van der Waals surface area contributed by atoms with Crippen molar-refractivity contribution in [2.75, 3.05) is 11.9 Å². The lowest BCUT2D eigenvalue weighted by atomic mass is 9.83. The Morgan fingerprint density at radius 1 is 1.14 bits per heavy atom. The van der Waals surface area contributed by atoms with Crippen LogP contribution in [0.25, 0.3) is 0 Å². The minimum Gasteiger partial charge on any atom is -0.382 e. The Morgan fingerprint density at radius 3 is 2.52 bits per heavy atom. The highest BCUT2D eigenvalue weighted by molar-refractivity contribution is 5.78. The molecule has 1 aliphatic carbocycles. The molecule has 2 rings (SSSR count). The summed E-state index contributed by atoms with van der Waals surface area (Å²) in [5.41, 5.74) is 2.25. The number of nitrogens with one attached hydrogen (secondary N) is 2. The smallest absolute Gasteiger partial charge is 0.224 e. The topological polar surface area (TPSA) is 41.1 Å². The minimum absolute atomic E-state index is 0.0940. The SMILES string of the molecule is CCNC(=O)Cc1ccc(NC2CCCCC2CC)cc1. The molecule has 2 unspecified atom stereocenters. The molecule has 1 amide bonds. The van der Waals surface area contributed by atoms with Crippen molar-refractivity contribution in [3.63, 3.8) is 0 Å². The molecule has 1 saturated carbocycles. The van der Waals surface area contributed by atoms with Gasteiger partial charge in [-0.05, 0) is 43.4 Å². The first-order valence-corrected chi connectivity index (χ1v) is 8.35. The molecular weight excluding hydrogens is 260 g/mol. The van der Waals surface area contributed by atoms with Crippen molar-refractivity contribution in [1.29, 1.82) is 0 Å². The molecule has 3 heteroatoms. The molecule has 1 fully saturated rings. The third-order valence-electron chi connectivity index (χ3n) is 4.48. The second kappa shape index (κ2) is 8.06. The molecule has 1 aliphatic rings. The molecule has 1 aromatic carbocycles. The second-order valence-electron chi connectivity index (χ2n) is 6.03. The molecule has 0 aliphatic heterocycles. The molecule has 1 aromatic rings. The van der Waals surface area contributed by atoms with E-state index in [1.807, 2.05) is 6.92 Å². The van der Waals surface area contributed by atoms with E-state index in [9.17, 15) is 4.79 Å². The van der Waals surface area contributed by atoms with E-state index in [0.717, 1.165) is 11.5 Å². The lowest BCUT2D eigenvalue weighted by Crippen LogP contribution is -2.31. The summed E-state index contributed by atoms with van der Waals surface area (Å²) in [6.45, 7) is 4.93. The van der Waals surface area contributed by atoms with Crippen LogP contribution in [0.5, 0.6) is 0 Å². The Hall–Kier alpha value is -1.51. The van der Waals surface area contributed by atoms with Crippen LogP contribution in [0.1, 0.15) is 51.5 Å². The number of carbonyl (C=O) groups is 1. The molecule has 0 radical (unpaired) electrons. The average molecular weight is 288 g/mol. The summed E-state index contributed by atoms with van der Waals surface area (Å²) >= 11 is 0. The molecule has 21 heavy (non-hydrogen) atoms. The highest BCUT2D eigenvalue weighted by Crippen LogP contribution is 2.29. The summed E-state index contributed by atoms with van der Waals surface area (Å²) in [5, 5.41) is 6.52. The van der Waals surface area contributed by atoms with Gasteiger partial charge in [-0.1, -0.05) is 38.3 Å². The van der Waals surface area contributed by atoms with Crippen molar-refractivity contribution in [2.45, 2.75) is 58.4 Å². The fraction of sp³-hybridized carbons (Fsp3) is 0.611. The van der Waals surface area contributed by atoms with Crippen molar-refractivity contribution in [2.24, 2.45) is 5.92 Å². The zero-order valence-electron chi connectivity index (χ0n) is 13.3. The van der Waals surface area contributed by atoms with Gasteiger partial charge in [-0.3, -0.25) is 4.79 Å². The third-order valence-corrected chi connectivity index (χ3v) is 4.48. The Balaban J connectivity index is 1.91. The first-order chi connectivity index (χ1) is 10.2. The van der Waals surface area contributed by atoms with Crippen LogP contribution in [0.2, 0.25) is 0 Å². The zero-order chi connectivity index (χ0) is 15.1. The number of anilines is 1. The number of benzene rings is 1. The van der Waals surface area contributed by atoms with Crippen LogP contribution in [0.4, 0.5) is 5.69 Å². The van der Waals surface area contributed by atoms with Crippen LogP contribution in [0.15, 0.2) is 24.3 Å². The van der Waals surface area contributed by atoms with Crippen LogP contribution in [-0.4, -0.2) is 18.5 Å².